The van der Waals surface area contributed by atoms with Gasteiger partial charge in [-0.05, 0) is 18.2 Å². The second-order valence-corrected chi connectivity index (χ2v) is 3.23. The minimum absolute atomic E-state index is 0. The number of halogens is 1. The van der Waals surface area contributed by atoms with Crippen molar-refractivity contribution in [2.24, 2.45) is 0 Å². The summed E-state index contributed by atoms with van der Waals surface area (Å²) in [6.45, 7) is 0. The average molecular weight is 222 g/mol. The molecule has 0 atom stereocenters. The molecular formula is C10H10ClN4+. The highest BCUT2D eigenvalue weighted by Gasteiger charge is 2.07. The molecular weight excluding hydrogens is 212 g/mol. The number of anilines is 1. The Bertz CT molecular complexity index is 617. The highest BCUT2D eigenvalue weighted by atomic mass is 35.5. The second-order valence-electron chi connectivity index (χ2n) is 3.23. The predicted molar refractivity (Wildman–Crippen MR) is 61.8 cm³/mol. The summed E-state index contributed by atoms with van der Waals surface area (Å²) in [6.07, 6.45) is 3.77. The number of aromatic nitrogens is 3. The zero-order valence-electron chi connectivity index (χ0n) is 7.82. The van der Waals surface area contributed by atoms with Crippen molar-refractivity contribution in [2.75, 3.05) is 5.73 Å². The van der Waals surface area contributed by atoms with E-state index in [0.29, 0.717) is 5.95 Å². The van der Waals surface area contributed by atoms with Crippen molar-refractivity contribution in [3.05, 3.63) is 30.6 Å². The van der Waals surface area contributed by atoms with Crippen LogP contribution in [-0.4, -0.2) is 9.97 Å². The molecule has 0 radical (unpaired) electrons. The van der Waals surface area contributed by atoms with Crippen molar-refractivity contribution < 1.29 is 4.98 Å². The van der Waals surface area contributed by atoms with Crippen LogP contribution >= 0.6 is 12.4 Å². The molecule has 0 aliphatic carbocycles. The van der Waals surface area contributed by atoms with Gasteiger partial charge in [0.05, 0.1) is 6.20 Å². The van der Waals surface area contributed by atoms with Crippen molar-refractivity contribution >= 4 is 40.2 Å². The number of H-pyrrole nitrogens is 2. The molecule has 1 aromatic carbocycles. The van der Waals surface area contributed by atoms with Gasteiger partial charge < -0.3 is 4.98 Å². The van der Waals surface area contributed by atoms with Crippen LogP contribution < -0.4 is 10.7 Å². The maximum atomic E-state index is 5.61. The number of nitrogens with two attached hydrogens (primary N) is 1. The third-order valence-electron chi connectivity index (χ3n) is 2.34. The van der Waals surface area contributed by atoms with Crippen molar-refractivity contribution in [1.29, 1.82) is 0 Å². The molecule has 0 saturated heterocycles. The van der Waals surface area contributed by atoms with Gasteiger partial charge in [-0.15, -0.1) is 12.4 Å². The van der Waals surface area contributed by atoms with Crippen LogP contribution in [0.1, 0.15) is 0 Å². The van der Waals surface area contributed by atoms with E-state index < -0.39 is 0 Å². The Hall–Kier alpha value is -1.81. The van der Waals surface area contributed by atoms with E-state index in [2.05, 4.69) is 15.0 Å². The van der Waals surface area contributed by atoms with Gasteiger partial charge in [-0.1, -0.05) is 4.98 Å². The van der Waals surface area contributed by atoms with Gasteiger partial charge >= 0.3 is 5.95 Å². The first kappa shape index (κ1) is 9.73. The lowest BCUT2D eigenvalue weighted by Crippen LogP contribution is -2.11. The van der Waals surface area contributed by atoms with Crippen molar-refractivity contribution in [2.45, 2.75) is 0 Å². The van der Waals surface area contributed by atoms with Gasteiger partial charge in [0.2, 0.25) is 0 Å². The van der Waals surface area contributed by atoms with Crippen molar-refractivity contribution in [1.82, 2.24) is 9.97 Å². The molecule has 0 aliphatic rings. The van der Waals surface area contributed by atoms with Crippen LogP contribution in [0.2, 0.25) is 0 Å². The minimum atomic E-state index is 0. The summed E-state index contributed by atoms with van der Waals surface area (Å²) in [4.78, 5) is 10.3. The second kappa shape index (κ2) is 3.40. The van der Waals surface area contributed by atoms with Crippen molar-refractivity contribution in [3.63, 3.8) is 0 Å². The van der Waals surface area contributed by atoms with Crippen molar-refractivity contribution in [3.8, 4) is 0 Å². The quantitative estimate of drug-likeness (QED) is 0.605. The van der Waals surface area contributed by atoms with E-state index in [1.807, 2.05) is 30.6 Å². The number of nitrogen functional groups attached to an aromatic ring is 1. The van der Waals surface area contributed by atoms with Crippen LogP contribution in [0.25, 0.3) is 21.8 Å². The standard InChI is InChI=1S/C10H8N4.ClH/c11-10-13-5-6-1-2-8-7(3-4-12-8)9(6)14-10;/h1-5,12H,(H2,11,13,14);1H/p+1. The number of nitrogens with one attached hydrogen (secondary N) is 2. The van der Waals surface area contributed by atoms with Crippen LogP contribution in [0.5, 0.6) is 0 Å². The molecule has 3 aromatic rings. The summed E-state index contributed by atoms with van der Waals surface area (Å²) in [7, 11) is 0. The maximum absolute atomic E-state index is 5.61. The zero-order valence-corrected chi connectivity index (χ0v) is 8.64. The van der Waals surface area contributed by atoms with E-state index in [0.717, 1.165) is 21.8 Å². The molecule has 5 heteroatoms. The highest BCUT2D eigenvalue weighted by molar-refractivity contribution is 6.03. The van der Waals surface area contributed by atoms with E-state index in [1.165, 1.54) is 0 Å². The lowest BCUT2D eigenvalue weighted by Gasteiger charge is -1.94. The first-order chi connectivity index (χ1) is 6.84. The number of rotatable bonds is 0. The van der Waals surface area contributed by atoms with Crippen LogP contribution in [0.3, 0.4) is 0 Å². The number of benzene rings is 1. The summed E-state index contributed by atoms with van der Waals surface area (Å²) in [5, 5.41) is 2.16. The van der Waals surface area contributed by atoms with Crippen LogP contribution in [0.4, 0.5) is 5.95 Å². The summed E-state index contributed by atoms with van der Waals surface area (Å²) in [5.74, 6) is 0.436. The van der Waals surface area contributed by atoms with Gasteiger partial charge in [-0.2, -0.15) is 0 Å². The van der Waals surface area contributed by atoms with Gasteiger partial charge in [0, 0.05) is 22.5 Å². The fourth-order valence-electron chi connectivity index (χ4n) is 1.68. The molecule has 4 nitrogen and oxygen atoms in total. The largest absolute Gasteiger partial charge is 0.387 e. The monoisotopic (exact) mass is 221 g/mol. The first-order valence-electron chi connectivity index (χ1n) is 4.38. The Labute approximate surface area is 91.9 Å². The molecule has 0 spiro atoms. The molecule has 0 amide bonds. The Kier molecular flexibility index (Phi) is 2.21. The number of fused-ring (bicyclic) bond motifs is 3. The number of hydrogen-bond acceptors (Lipinski definition) is 2. The maximum Gasteiger partial charge on any atom is 0.387 e. The van der Waals surface area contributed by atoms with E-state index in [4.69, 9.17) is 5.73 Å². The molecule has 76 valence electrons. The van der Waals surface area contributed by atoms with Gasteiger partial charge in [0.25, 0.3) is 0 Å². The Morgan fingerprint density at radius 1 is 1.27 bits per heavy atom. The van der Waals surface area contributed by atoms with E-state index in [-0.39, 0.29) is 12.4 Å². The Morgan fingerprint density at radius 2 is 2.13 bits per heavy atom. The van der Waals surface area contributed by atoms with Crippen LogP contribution in [0, 0.1) is 0 Å². The number of hydrogen-bond donors (Lipinski definition) is 2. The molecule has 4 N–H and O–H groups in total. The molecule has 3 rings (SSSR count). The van der Waals surface area contributed by atoms with Gasteiger partial charge in [0.15, 0.2) is 5.52 Å². The molecule has 0 saturated carbocycles. The third kappa shape index (κ3) is 1.39. The highest BCUT2D eigenvalue weighted by Crippen LogP contribution is 2.21. The summed E-state index contributed by atoms with van der Waals surface area (Å²) in [6, 6.07) is 6.05. The summed E-state index contributed by atoms with van der Waals surface area (Å²) >= 11 is 0. The topological polar surface area (TPSA) is 68.8 Å². The first-order valence-corrected chi connectivity index (χ1v) is 4.38. The SMILES string of the molecule is Cl.Nc1nc2c(ccc3[nH]ccc32)c[nH+]1. The van der Waals surface area contributed by atoms with Gasteiger partial charge in [0.1, 0.15) is 0 Å². The molecule has 0 fully saturated rings. The van der Waals surface area contributed by atoms with E-state index in [1.54, 1.807) is 0 Å². The van der Waals surface area contributed by atoms with E-state index in [9.17, 15) is 0 Å². The fraction of sp³-hybridized carbons (Fsp3) is 0. The molecule has 0 bridgehead atoms. The summed E-state index contributed by atoms with van der Waals surface area (Å²) < 4.78 is 0. The lowest BCUT2D eigenvalue weighted by molar-refractivity contribution is -0.362. The molecule has 0 aliphatic heterocycles. The number of nitrogens with zero attached hydrogens (tertiary/aromatic N) is 1. The molecule has 0 unspecified atom stereocenters. The van der Waals surface area contributed by atoms with Crippen LogP contribution in [-0.2, 0) is 0 Å². The van der Waals surface area contributed by atoms with Gasteiger partial charge in [-0.3, -0.25) is 5.73 Å². The zero-order chi connectivity index (χ0) is 9.54. The van der Waals surface area contributed by atoms with E-state index >= 15 is 0 Å². The van der Waals surface area contributed by atoms with Gasteiger partial charge in [-0.25, -0.2) is 4.98 Å². The smallest absolute Gasteiger partial charge is 0.361 e. The normalized spacial score (nSPS) is 10.4. The Morgan fingerprint density at radius 3 is 3.00 bits per heavy atom. The lowest BCUT2D eigenvalue weighted by atomic mass is 10.2. The number of aromatic amines is 2. The fourth-order valence-corrected chi connectivity index (χ4v) is 1.68. The Balaban J connectivity index is 0.000000853. The molecule has 2 aromatic heterocycles. The van der Waals surface area contributed by atoms with Crippen LogP contribution in [0.15, 0.2) is 30.6 Å². The third-order valence-corrected chi connectivity index (χ3v) is 2.34. The molecule has 15 heavy (non-hydrogen) atoms. The molecule has 2 heterocycles. The predicted octanol–water partition coefficient (Wildman–Crippen LogP) is 1.53. The summed E-state index contributed by atoms with van der Waals surface area (Å²) in [5.41, 5.74) is 7.62. The minimum Gasteiger partial charge on any atom is -0.361 e. The average Bonchev–Trinajstić information content (AvgIpc) is 2.65.